The number of anilines is 6. The van der Waals surface area contributed by atoms with E-state index in [9.17, 15) is 0 Å². The molecule has 0 aliphatic carbocycles. The molecule has 16 aromatic rings. The highest BCUT2D eigenvalue weighted by Gasteiger charge is 2.22. The lowest BCUT2D eigenvalue weighted by atomic mass is 9.84. The van der Waals surface area contributed by atoms with Crippen molar-refractivity contribution in [3.63, 3.8) is 0 Å². The SMILES string of the molecule is CCCCCCc1cc(-c2ccc(N(c3ccc(-c4ccc(C)cc4)cc3)c3ccc(-c4ccc(CCC)cc4)cc3)cc2C)c(CCCCCC)cc1-c1ccc(N(c2ccc(-c3ccc(C)cc3)cc2)c2ccc(-c3ccc(CCC)cc3)cc2)cc1C.Cc1ccc(-c2cc(-c3ccc(C)cc3)cc(-c3ccc(C)cc3)c2)cc1.Cc1ccccc1. The number of hydrogen-bond donors (Lipinski definition) is 0. The third-order valence-corrected chi connectivity index (χ3v) is 24.4. The van der Waals surface area contributed by atoms with Gasteiger partial charge < -0.3 is 9.80 Å². The van der Waals surface area contributed by atoms with E-state index in [0.29, 0.717) is 0 Å². The van der Waals surface area contributed by atoms with Crippen molar-refractivity contribution in [2.24, 2.45) is 0 Å². The minimum absolute atomic E-state index is 1.04. The maximum atomic E-state index is 2.61. The van der Waals surface area contributed by atoms with Gasteiger partial charge in [0.05, 0.1) is 0 Å². The van der Waals surface area contributed by atoms with Crippen molar-refractivity contribution < 1.29 is 0 Å². The summed E-state index contributed by atoms with van der Waals surface area (Å²) in [6.07, 6.45) is 16.3. The highest BCUT2D eigenvalue weighted by Crippen LogP contribution is 2.45. The van der Waals surface area contributed by atoms with Gasteiger partial charge in [0, 0.05) is 34.1 Å². The van der Waals surface area contributed by atoms with E-state index in [1.165, 1.54) is 205 Å². The van der Waals surface area contributed by atoms with Crippen molar-refractivity contribution in [3.05, 3.63) is 431 Å². The zero-order valence-electron chi connectivity index (χ0n) is 75.4. The van der Waals surface area contributed by atoms with Gasteiger partial charge in [-0.1, -0.05) is 385 Å². The van der Waals surface area contributed by atoms with Crippen LogP contribution in [0.2, 0.25) is 0 Å². The lowest BCUT2D eigenvalue weighted by Crippen LogP contribution is -2.10. The Hall–Kier alpha value is -12.9. The van der Waals surface area contributed by atoms with Crippen molar-refractivity contribution in [2.45, 2.75) is 173 Å². The Morgan fingerprint density at radius 1 is 0.169 bits per heavy atom. The van der Waals surface area contributed by atoms with E-state index >= 15 is 0 Å². The number of nitrogens with zero attached hydrogens (tertiary/aromatic N) is 2. The second kappa shape index (κ2) is 42.8. The quantitative estimate of drug-likeness (QED) is 0.0431. The van der Waals surface area contributed by atoms with Crippen molar-refractivity contribution >= 4 is 34.1 Å². The van der Waals surface area contributed by atoms with E-state index in [1.807, 2.05) is 18.2 Å². The molecule has 0 radical (unpaired) electrons. The van der Waals surface area contributed by atoms with Gasteiger partial charge in [-0.05, 0) is 318 Å². The summed E-state index contributed by atoms with van der Waals surface area (Å²) in [4.78, 5) is 4.88. The van der Waals surface area contributed by atoms with Crippen LogP contribution in [0, 0.1) is 55.4 Å². The summed E-state index contributed by atoms with van der Waals surface area (Å²) in [6.45, 7) is 26.6. The molecule has 16 aromatic carbocycles. The maximum absolute atomic E-state index is 2.61. The summed E-state index contributed by atoms with van der Waals surface area (Å²) >= 11 is 0. The monoisotopic (exact) mass is 1620 g/mol. The molecule has 0 heterocycles. The Kier molecular flexibility index (Phi) is 30.2. The predicted molar refractivity (Wildman–Crippen MR) is 539 cm³/mol. The normalized spacial score (nSPS) is 11.0. The summed E-state index contributed by atoms with van der Waals surface area (Å²) in [5, 5.41) is 0. The van der Waals surface area contributed by atoms with Gasteiger partial charge in [0.25, 0.3) is 0 Å². The largest absolute Gasteiger partial charge is 0.310 e. The third-order valence-electron chi connectivity index (χ3n) is 24.4. The molecule has 2 heteroatoms. The number of unbranched alkanes of at least 4 members (excludes halogenated alkanes) is 6. The van der Waals surface area contributed by atoms with Crippen molar-refractivity contribution in [1.29, 1.82) is 0 Å². The van der Waals surface area contributed by atoms with Gasteiger partial charge in [0.15, 0.2) is 0 Å². The molecule has 0 N–H and O–H groups in total. The Labute approximate surface area is 742 Å². The van der Waals surface area contributed by atoms with Crippen LogP contribution in [0.25, 0.3) is 100 Å². The predicted octanol–water partition coefficient (Wildman–Crippen LogP) is 35.6. The number of benzene rings is 16. The zero-order valence-corrected chi connectivity index (χ0v) is 75.4. The van der Waals surface area contributed by atoms with Crippen molar-refractivity contribution in [2.75, 3.05) is 9.80 Å². The second-order valence-corrected chi connectivity index (χ2v) is 34.3. The molecule has 0 aliphatic heterocycles. The molecule has 0 aliphatic rings. The summed E-state index contributed by atoms with van der Waals surface area (Å²) in [5.74, 6) is 0. The Bertz CT molecular complexity index is 5630. The Morgan fingerprint density at radius 2 is 0.403 bits per heavy atom. The minimum Gasteiger partial charge on any atom is -0.310 e. The first-order valence-electron chi connectivity index (χ1n) is 45.6. The number of hydrogen-bond acceptors (Lipinski definition) is 2. The molecule has 16 rings (SSSR count). The molecular weight excluding hydrogens is 1490 g/mol. The van der Waals surface area contributed by atoms with Gasteiger partial charge in [-0.25, -0.2) is 0 Å². The van der Waals surface area contributed by atoms with E-state index in [4.69, 9.17) is 0 Å². The van der Waals surface area contributed by atoms with Gasteiger partial charge in [0.2, 0.25) is 0 Å². The molecular formula is C122H124N2. The average Bonchev–Trinajstić information content (AvgIpc) is 0.771. The third kappa shape index (κ3) is 22.7. The first-order valence-corrected chi connectivity index (χ1v) is 45.6. The van der Waals surface area contributed by atoms with E-state index in [0.717, 1.165) is 85.5 Å². The minimum atomic E-state index is 1.04. The van der Waals surface area contributed by atoms with E-state index < -0.39 is 0 Å². The van der Waals surface area contributed by atoms with Crippen LogP contribution in [0.1, 0.15) is 159 Å². The molecule has 622 valence electrons. The molecule has 0 aromatic heterocycles. The van der Waals surface area contributed by atoms with Crippen molar-refractivity contribution in [1.82, 2.24) is 0 Å². The van der Waals surface area contributed by atoms with Crippen LogP contribution < -0.4 is 9.80 Å². The van der Waals surface area contributed by atoms with E-state index in [-0.39, 0.29) is 0 Å². The highest BCUT2D eigenvalue weighted by molar-refractivity contribution is 5.88. The number of rotatable bonds is 29. The Balaban J connectivity index is 0.000000302. The van der Waals surface area contributed by atoms with Gasteiger partial charge in [0.1, 0.15) is 0 Å². The van der Waals surface area contributed by atoms with Crippen LogP contribution in [0.4, 0.5) is 34.1 Å². The first kappa shape index (κ1) is 87.5. The van der Waals surface area contributed by atoms with Crippen LogP contribution in [-0.2, 0) is 25.7 Å². The van der Waals surface area contributed by atoms with Gasteiger partial charge in [-0.3, -0.25) is 0 Å². The van der Waals surface area contributed by atoms with Gasteiger partial charge >= 0.3 is 0 Å². The standard InChI is InChI=1S/C88H92N2.C27H24.C7H8/c1-9-13-15-17-21-77-61-88(86-58-56-84(60-66(86)8)90(80-49-41-74(42-50-80)70-33-25-64(6)26-34-70)82-53-45-76(46-54-82)72-37-29-68(20-12-4)30-38-72)78(22-18-16-14-10-2)62-87(77)85-57-55-83(59-65(85)7)89(79-47-39-73(40-48-79)69-31-23-63(5)24-32-69)81-51-43-75(44-52-81)71-35-27-67(19-11-3)28-36-71;1-19-4-10-22(11-5-19)25-16-26(23-12-6-20(2)7-13-23)18-27(17-25)24-14-8-21(3)9-15-24;1-7-5-3-2-4-6-7/h23-62H,9-22H2,1-8H3;4-18H,1-3H3;2-6H,1H3. The highest BCUT2D eigenvalue weighted by atomic mass is 15.1. The molecule has 0 atom stereocenters. The molecule has 0 saturated heterocycles. The van der Waals surface area contributed by atoms with Crippen LogP contribution in [-0.4, -0.2) is 0 Å². The molecule has 0 saturated carbocycles. The molecule has 2 nitrogen and oxygen atoms in total. The lowest BCUT2D eigenvalue weighted by molar-refractivity contribution is 0.664. The number of aryl methyl sites for hydroxylation is 12. The molecule has 0 amide bonds. The topological polar surface area (TPSA) is 6.48 Å². The van der Waals surface area contributed by atoms with Gasteiger partial charge in [-0.15, -0.1) is 0 Å². The molecule has 0 bridgehead atoms. The smallest absolute Gasteiger partial charge is 0.0464 e. The maximum Gasteiger partial charge on any atom is 0.0464 e. The average molecular weight is 1620 g/mol. The lowest BCUT2D eigenvalue weighted by Gasteiger charge is -2.28. The van der Waals surface area contributed by atoms with E-state index in [2.05, 4.69) is 439 Å². The fourth-order valence-corrected chi connectivity index (χ4v) is 17.1. The zero-order chi connectivity index (χ0) is 86.3. The van der Waals surface area contributed by atoms with E-state index in [1.54, 1.807) is 0 Å². The molecule has 124 heavy (non-hydrogen) atoms. The van der Waals surface area contributed by atoms with Crippen LogP contribution in [0.3, 0.4) is 0 Å². The second-order valence-electron chi connectivity index (χ2n) is 34.3. The van der Waals surface area contributed by atoms with Crippen molar-refractivity contribution in [3.8, 4) is 100 Å². The van der Waals surface area contributed by atoms with Crippen LogP contribution in [0.5, 0.6) is 0 Å². The fraction of sp³-hybridized carbons (Fsp3) is 0.213. The van der Waals surface area contributed by atoms with Crippen LogP contribution >= 0.6 is 0 Å². The molecule has 0 fully saturated rings. The summed E-state index contributed by atoms with van der Waals surface area (Å²) in [5.41, 5.74) is 45.5. The first-order chi connectivity index (χ1) is 60.5. The summed E-state index contributed by atoms with van der Waals surface area (Å²) < 4.78 is 0. The molecule has 0 spiro atoms. The summed E-state index contributed by atoms with van der Waals surface area (Å²) in [7, 11) is 0. The van der Waals surface area contributed by atoms with Crippen LogP contribution in [0.15, 0.2) is 364 Å². The van der Waals surface area contributed by atoms with Gasteiger partial charge in [-0.2, -0.15) is 0 Å². The Morgan fingerprint density at radius 3 is 0.637 bits per heavy atom. The molecule has 0 unspecified atom stereocenters. The summed E-state index contributed by atoms with van der Waals surface area (Å²) in [6, 6.07) is 136. The fourth-order valence-electron chi connectivity index (χ4n) is 17.1.